The average molecular weight is 457 g/mol. The Morgan fingerprint density at radius 3 is 2.36 bits per heavy atom. The molecule has 3 aromatic rings. The molecule has 174 valence electrons. The third-order valence-corrected chi connectivity index (χ3v) is 5.43. The van der Waals surface area contributed by atoms with Gasteiger partial charge >= 0.3 is 6.09 Å². The molecule has 1 fully saturated rings. The SMILES string of the molecule is O=C(O)NCc1nnc(-c2ccc(-c3cccc([C@H]4O[C@H](CO)[C@@H](O)[C@H](O)[C@@H]4O)c3)cc2)o1. The van der Waals surface area contributed by atoms with Crippen molar-refractivity contribution in [3.63, 3.8) is 0 Å². The van der Waals surface area contributed by atoms with Crippen LogP contribution in [0.15, 0.2) is 52.9 Å². The molecule has 11 heteroatoms. The van der Waals surface area contributed by atoms with E-state index in [9.17, 15) is 25.2 Å². The molecular formula is C22H23N3O8. The number of aliphatic hydroxyl groups is 4. The summed E-state index contributed by atoms with van der Waals surface area (Å²) in [5.74, 6) is 0.391. The lowest BCUT2D eigenvalue weighted by Crippen LogP contribution is -2.55. The predicted molar refractivity (Wildman–Crippen MR) is 113 cm³/mol. The van der Waals surface area contributed by atoms with Crippen LogP contribution in [-0.2, 0) is 11.3 Å². The van der Waals surface area contributed by atoms with Gasteiger partial charge in [0.1, 0.15) is 30.5 Å². The van der Waals surface area contributed by atoms with Crippen molar-refractivity contribution in [2.75, 3.05) is 6.61 Å². The van der Waals surface area contributed by atoms with Gasteiger partial charge < -0.3 is 40.0 Å². The second-order valence-electron chi connectivity index (χ2n) is 7.61. The molecule has 4 rings (SSSR count). The first-order valence-corrected chi connectivity index (χ1v) is 10.2. The minimum atomic E-state index is -1.45. The Labute approximate surface area is 187 Å². The lowest BCUT2D eigenvalue weighted by Gasteiger charge is -2.40. The molecule has 2 aromatic carbocycles. The first kappa shape index (κ1) is 22.8. The normalized spacial score (nSPS) is 25.0. The molecule has 0 aliphatic carbocycles. The fourth-order valence-corrected chi connectivity index (χ4v) is 3.67. The Morgan fingerprint density at radius 1 is 0.939 bits per heavy atom. The second kappa shape index (κ2) is 9.65. The summed E-state index contributed by atoms with van der Waals surface area (Å²) < 4.78 is 11.1. The van der Waals surface area contributed by atoms with Crippen molar-refractivity contribution in [2.45, 2.75) is 37.1 Å². The molecule has 11 nitrogen and oxygen atoms in total. The topological polar surface area (TPSA) is 178 Å². The Balaban J connectivity index is 1.52. The maximum atomic E-state index is 10.6. The van der Waals surface area contributed by atoms with E-state index in [0.717, 1.165) is 11.1 Å². The van der Waals surface area contributed by atoms with E-state index in [0.29, 0.717) is 11.1 Å². The lowest BCUT2D eigenvalue weighted by atomic mass is 9.90. The smallest absolute Gasteiger partial charge is 0.405 e. The van der Waals surface area contributed by atoms with E-state index in [4.69, 9.17) is 14.3 Å². The summed E-state index contributed by atoms with van der Waals surface area (Å²) in [6.07, 6.45) is -7.32. The van der Waals surface area contributed by atoms with E-state index in [1.165, 1.54) is 0 Å². The molecule has 0 unspecified atom stereocenters. The molecule has 5 atom stereocenters. The largest absolute Gasteiger partial charge is 0.465 e. The Morgan fingerprint density at radius 2 is 1.67 bits per heavy atom. The van der Waals surface area contributed by atoms with Crippen LogP contribution >= 0.6 is 0 Å². The summed E-state index contributed by atoms with van der Waals surface area (Å²) in [5.41, 5.74) is 2.89. The summed E-state index contributed by atoms with van der Waals surface area (Å²) >= 11 is 0. The van der Waals surface area contributed by atoms with Gasteiger partial charge in [-0.2, -0.15) is 0 Å². The minimum absolute atomic E-state index is 0.0921. The first-order valence-electron chi connectivity index (χ1n) is 10.2. The van der Waals surface area contributed by atoms with Gasteiger partial charge in [-0.05, 0) is 34.9 Å². The summed E-state index contributed by atoms with van der Waals surface area (Å²) in [5, 5.41) is 58.4. The van der Waals surface area contributed by atoms with Crippen LogP contribution in [0, 0.1) is 0 Å². The van der Waals surface area contributed by atoms with E-state index < -0.39 is 43.2 Å². The van der Waals surface area contributed by atoms with Crippen LogP contribution in [0.3, 0.4) is 0 Å². The molecule has 1 aliphatic rings. The maximum Gasteiger partial charge on any atom is 0.405 e. The number of amides is 1. The first-order chi connectivity index (χ1) is 15.9. The van der Waals surface area contributed by atoms with Crippen molar-refractivity contribution in [1.82, 2.24) is 15.5 Å². The number of aromatic nitrogens is 2. The van der Waals surface area contributed by atoms with Gasteiger partial charge in [0.05, 0.1) is 13.2 Å². The minimum Gasteiger partial charge on any atom is -0.465 e. The monoisotopic (exact) mass is 457 g/mol. The van der Waals surface area contributed by atoms with Crippen molar-refractivity contribution in [2.24, 2.45) is 0 Å². The molecule has 33 heavy (non-hydrogen) atoms. The molecule has 0 radical (unpaired) electrons. The van der Waals surface area contributed by atoms with Gasteiger partial charge in [0.15, 0.2) is 0 Å². The summed E-state index contributed by atoms with van der Waals surface area (Å²) in [4.78, 5) is 10.6. The zero-order valence-corrected chi connectivity index (χ0v) is 17.3. The highest BCUT2D eigenvalue weighted by Gasteiger charge is 2.43. The van der Waals surface area contributed by atoms with Crippen molar-refractivity contribution >= 4 is 6.09 Å². The number of aliphatic hydroxyl groups excluding tert-OH is 4. The standard InChI is InChI=1S/C22H23N3O8/c26-10-15-17(27)18(28)19(29)20(32-15)14-3-1-2-13(8-14)11-4-6-12(7-5-11)21-25-24-16(33-21)9-23-22(30)31/h1-8,15,17-20,23,26-29H,9-10H2,(H,30,31)/t15-,17-,18+,19+,20-/m1/s1. The number of ether oxygens (including phenoxy) is 1. The molecule has 6 N–H and O–H groups in total. The van der Waals surface area contributed by atoms with E-state index in [-0.39, 0.29) is 18.3 Å². The maximum absolute atomic E-state index is 10.6. The Kier molecular flexibility index (Phi) is 6.67. The third-order valence-electron chi connectivity index (χ3n) is 5.43. The highest BCUT2D eigenvalue weighted by atomic mass is 16.5. The number of carboxylic acid groups (broad SMARTS) is 1. The molecule has 0 spiro atoms. The van der Waals surface area contributed by atoms with Gasteiger partial charge in [-0.15, -0.1) is 10.2 Å². The van der Waals surface area contributed by atoms with Gasteiger partial charge in [0.2, 0.25) is 11.8 Å². The van der Waals surface area contributed by atoms with Crippen LogP contribution in [0.1, 0.15) is 17.6 Å². The summed E-state index contributed by atoms with van der Waals surface area (Å²) in [6.45, 7) is -0.586. The number of nitrogens with zero attached hydrogens (tertiary/aromatic N) is 2. The molecule has 0 saturated carbocycles. The molecule has 0 bridgehead atoms. The van der Waals surface area contributed by atoms with Gasteiger partial charge in [0, 0.05) is 5.56 Å². The van der Waals surface area contributed by atoms with Crippen LogP contribution in [0.5, 0.6) is 0 Å². The van der Waals surface area contributed by atoms with Crippen molar-refractivity contribution in [3.8, 4) is 22.6 Å². The number of rotatable bonds is 6. The molecule has 2 heterocycles. The quantitative estimate of drug-likeness (QED) is 0.308. The van der Waals surface area contributed by atoms with Crippen LogP contribution in [0.25, 0.3) is 22.6 Å². The highest BCUT2D eigenvalue weighted by molar-refractivity contribution is 5.68. The fourth-order valence-electron chi connectivity index (χ4n) is 3.67. The summed E-state index contributed by atoms with van der Waals surface area (Å²) in [6, 6.07) is 14.4. The van der Waals surface area contributed by atoms with Crippen molar-refractivity contribution in [1.29, 1.82) is 0 Å². The van der Waals surface area contributed by atoms with Crippen LogP contribution in [-0.4, -0.2) is 72.8 Å². The average Bonchev–Trinajstić information content (AvgIpc) is 3.31. The van der Waals surface area contributed by atoms with Gasteiger partial charge in [-0.1, -0.05) is 30.3 Å². The van der Waals surface area contributed by atoms with E-state index >= 15 is 0 Å². The van der Waals surface area contributed by atoms with E-state index in [2.05, 4.69) is 15.5 Å². The van der Waals surface area contributed by atoms with Crippen molar-refractivity contribution in [3.05, 3.63) is 60.0 Å². The van der Waals surface area contributed by atoms with Crippen LogP contribution < -0.4 is 5.32 Å². The Bertz CT molecular complexity index is 1100. The molecule has 1 amide bonds. The number of benzene rings is 2. The number of hydrogen-bond acceptors (Lipinski definition) is 9. The van der Waals surface area contributed by atoms with Crippen LogP contribution in [0.4, 0.5) is 4.79 Å². The summed E-state index contributed by atoms with van der Waals surface area (Å²) in [7, 11) is 0. The molecule has 1 aromatic heterocycles. The zero-order chi connectivity index (χ0) is 23.5. The molecule has 1 saturated heterocycles. The zero-order valence-electron chi connectivity index (χ0n) is 17.3. The van der Waals surface area contributed by atoms with Crippen molar-refractivity contribution < 1.29 is 39.5 Å². The van der Waals surface area contributed by atoms with Crippen LogP contribution in [0.2, 0.25) is 0 Å². The molecule has 1 aliphatic heterocycles. The van der Waals surface area contributed by atoms with Gasteiger partial charge in [0.25, 0.3) is 0 Å². The number of carbonyl (C=O) groups is 1. The Hall–Kier alpha value is -3.35. The van der Waals surface area contributed by atoms with E-state index in [1.807, 2.05) is 18.2 Å². The predicted octanol–water partition coefficient (Wildman–Crippen LogP) is 0.686. The van der Waals surface area contributed by atoms with E-state index in [1.54, 1.807) is 30.3 Å². The van der Waals surface area contributed by atoms with Gasteiger partial charge in [-0.25, -0.2) is 4.79 Å². The molecular weight excluding hydrogens is 434 g/mol. The third kappa shape index (κ3) is 4.87. The van der Waals surface area contributed by atoms with Gasteiger partial charge in [-0.3, -0.25) is 0 Å². The fraction of sp³-hybridized carbons (Fsp3) is 0.318. The number of hydrogen-bond donors (Lipinski definition) is 6. The number of nitrogens with one attached hydrogen (secondary N) is 1. The lowest BCUT2D eigenvalue weighted by molar-refractivity contribution is -0.231. The highest BCUT2D eigenvalue weighted by Crippen LogP contribution is 2.34. The second-order valence-corrected chi connectivity index (χ2v) is 7.61.